The first-order chi connectivity index (χ1) is 11.4. The van der Waals surface area contributed by atoms with Gasteiger partial charge in [0.1, 0.15) is 5.82 Å². The van der Waals surface area contributed by atoms with Gasteiger partial charge in [0.05, 0.1) is 6.42 Å². The first-order valence-corrected chi connectivity index (χ1v) is 8.78. The predicted octanol–water partition coefficient (Wildman–Crippen LogP) is 2.23. The number of piperazine rings is 1. The number of aliphatic hydroxyl groups excluding tert-OH is 1. The first-order valence-electron chi connectivity index (χ1n) is 8.78. The Kier molecular flexibility index (Phi) is 6.75. The molecule has 1 aliphatic rings. The summed E-state index contributed by atoms with van der Waals surface area (Å²) in [4.78, 5) is 16.9. The van der Waals surface area contributed by atoms with Gasteiger partial charge in [0.15, 0.2) is 0 Å². The van der Waals surface area contributed by atoms with Crippen LogP contribution in [0.5, 0.6) is 0 Å². The van der Waals surface area contributed by atoms with Crippen molar-refractivity contribution < 1.29 is 14.3 Å². The van der Waals surface area contributed by atoms with Crippen molar-refractivity contribution in [2.24, 2.45) is 5.92 Å². The molecule has 24 heavy (non-hydrogen) atoms. The Bertz CT molecular complexity index is 562. The summed E-state index contributed by atoms with van der Waals surface area (Å²) in [5, 5.41) is 9.33. The van der Waals surface area contributed by atoms with E-state index in [1.807, 2.05) is 11.8 Å². The van der Waals surface area contributed by atoms with Crippen molar-refractivity contribution in [2.45, 2.75) is 39.7 Å². The third-order valence-electron chi connectivity index (χ3n) is 4.67. The molecule has 0 bridgehead atoms. The molecule has 5 heteroatoms. The van der Waals surface area contributed by atoms with E-state index in [0.717, 1.165) is 24.2 Å². The minimum absolute atomic E-state index is 0.0378. The maximum absolute atomic E-state index is 13.4. The normalized spacial score (nSPS) is 19.1. The molecule has 0 aromatic heterocycles. The smallest absolute Gasteiger partial charge is 0.227 e. The lowest BCUT2D eigenvalue weighted by molar-refractivity contribution is -0.133. The molecular weight excluding hydrogens is 307 g/mol. The van der Waals surface area contributed by atoms with Crippen LogP contribution in [0.2, 0.25) is 0 Å². The third-order valence-corrected chi connectivity index (χ3v) is 4.67. The number of carbonyl (C=O) groups is 1. The van der Waals surface area contributed by atoms with E-state index in [-0.39, 0.29) is 30.8 Å². The number of nitrogens with zero attached hydrogens (tertiary/aromatic N) is 2. The lowest BCUT2D eigenvalue weighted by atomic mass is 10.0. The van der Waals surface area contributed by atoms with Gasteiger partial charge in [0.25, 0.3) is 0 Å². The van der Waals surface area contributed by atoms with Crippen molar-refractivity contribution in [1.82, 2.24) is 9.80 Å². The second-order valence-corrected chi connectivity index (χ2v) is 7.14. The summed E-state index contributed by atoms with van der Waals surface area (Å²) in [6, 6.07) is 4.79. The van der Waals surface area contributed by atoms with Crippen LogP contribution in [0.3, 0.4) is 0 Å². The van der Waals surface area contributed by atoms with Gasteiger partial charge in [0, 0.05) is 38.8 Å². The van der Waals surface area contributed by atoms with Crippen LogP contribution in [0.4, 0.5) is 4.39 Å². The molecule has 1 N–H and O–H groups in total. The molecule has 4 nitrogen and oxygen atoms in total. The largest absolute Gasteiger partial charge is 0.396 e. The van der Waals surface area contributed by atoms with E-state index < -0.39 is 0 Å². The molecule has 0 spiro atoms. The van der Waals surface area contributed by atoms with Gasteiger partial charge in [-0.05, 0) is 42.5 Å². The molecular formula is C19H29FN2O2. The fourth-order valence-corrected chi connectivity index (χ4v) is 3.36. The highest BCUT2D eigenvalue weighted by atomic mass is 19.1. The average molecular weight is 336 g/mol. The summed E-state index contributed by atoms with van der Waals surface area (Å²) in [6.45, 7) is 9.54. The van der Waals surface area contributed by atoms with Crippen LogP contribution in [-0.4, -0.2) is 59.6 Å². The third kappa shape index (κ3) is 5.02. The second-order valence-electron chi connectivity index (χ2n) is 7.14. The van der Waals surface area contributed by atoms with Gasteiger partial charge in [0.2, 0.25) is 5.91 Å². The van der Waals surface area contributed by atoms with Crippen LogP contribution in [0.15, 0.2) is 18.2 Å². The maximum atomic E-state index is 13.4. The molecule has 1 saturated heterocycles. The molecule has 0 aliphatic carbocycles. The van der Waals surface area contributed by atoms with E-state index in [1.54, 1.807) is 6.07 Å². The topological polar surface area (TPSA) is 43.8 Å². The number of carbonyl (C=O) groups excluding carboxylic acids is 1. The van der Waals surface area contributed by atoms with Gasteiger partial charge in [-0.3, -0.25) is 9.69 Å². The van der Waals surface area contributed by atoms with E-state index in [9.17, 15) is 14.3 Å². The first kappa shape index (κ1) is 18.9. The van der Waals surface area contributed by atoms with E-state index in [0.29, 0.717) is 25.4 Å². The zero-order valence-electron chi connectivity index (χ0n) is 15.0. The van der Waals surface area contributed by atoms with Crippen molar-refractivity contribution in [3.63, 3.8) is 0 Å². The number of hydrogen-bond donors (Lipinski definition) is 1. The highest BCUT2D eigenvalue weighted by Crippen LogP contribution is 2.17. The van der Waals surface area contributed by atoms with Crippen molar-refractivity contribution >= 4 is 5.91 Å². The zero-order valence-corrected chi connectivity index (χ0v) is 15.0. The number of aryl methyl sites for hydroxylation is 1. The van der Waals surface area contributed by atoms with E-state index >= 15 is 0 Å². The van der Waals surface area contributed by atoms with Crippen molar-refractivity contribution in [1.29, 1.82) is 0 Å². The molecule has 0 saturated carbocycles. The molecule has 1 unspecified atom stereocenters. The number of hydrogen-bond acceptors (Lipinski definition) is 3. The molecule has 1 amide bonds. The highest BCUT2D eigenvalue weighted by Gasteiger charge is 2.29. The Balaban J connectivity index is 2.01. The molecule has 2 rings (SSSR count). The molecule has 1 fully saturated rings. The minimum Gasteiger partial charge on any atom is -0.396 e. The summed E-state index contributed by atoms with van der Waals surface area (Å²) < 4.78 is 13.4. The Morgan fingerprint density at radius 3 is 2.79 bits per heavy atom. The van der Waals surface area contributed by atoms with Gasteiger partial charge >= 0.3 is 0 Å². The molecule has 0 radical (unpaired) electrons. The van der Waals surface area contributed by atoms with Crippen LogP contribution in [0, 0.1) is 18.7 Å². The lowest BCUT2D eigenvalue weighted by Crippen LogP contribution is -2.56. The second kappa shape index (κ2) is 8.58. The van der Waals surface area contributed by atoms with Gasteiger partial charge in [-0.1, -0.05) is 19.9 Å². The Morgan fingerprint density at radius 2 is 2.12 bits per heavy atom. The highest BCUT2D eigenvalue weighted by molar-refractivity contribution is 5.79. The number of halogens is 1. The number of rotatable bonds is 6. The SMILES string of the molecule is Cc1ccc(F)cc1CC(=O)N1CCN(CC(C)C)C(CCO)C1. The van der Waals surface area contributed by atoms with Crippen LogP contribution < -0.4 is 0 Å². The molecule has 1 atom stereocenters. The van der Waals surface area contributed by atoms with Crippen LogP contribution in [-0.2, 0) is 11.2 Å². The zero-order chi connectivity index (χ0) is 17.7. The summed E-state index contributed by atoms with van der Waals surface area (Å²) in [5.74, 6) is 0.294. The van der Waals surface area contributed by atoms with Crippen molar-refractivity contribution in [2.75, 3.05) is 32.8 Å². The van der Waals surface area contributed by atoms with Crippen molar-refractivity contribution in [3.05, 3.63) is 35.1 Å². The fourth-order valence-electron chi connectivity index (χ4n) is 3.36. The monoisotopic (exact) mass is 336 g/mol. The number of benzene rings is 1. The number of aliphatic hydroxyl groups is 1. The summed E-state index contributed by atoms with van der Waals surface area (Å²) in [5.41, 5.74) is 1.69. The molecule has 1 aromatic rings. The summed E-state index contributed by atoms with van der Waals surface area (Å²) in [7, 11) is 0. The van der Waals surface area contributed by atoms with Crippen LogP contribution >= 0.6 is 0 Å². The maximum Gasteiger partial charge on any atom is 0.227 e. The van der Waals surface area contributed by atoms with Gasteiger partial charge in [-0.15, -0.1) is 0 Å². The minimum atomic E-state index is -0.302. The van der Waals surface area contributed by atoms with E-state index in [4.69, 9.17) is 0 Å². The van der Waals surface area contributed by atoms with Crippen LogP contribution in [0.1, 0.15) is 31.4 Å². The quantitative estimate of drug-likeness (QED) is 0.866. The summed E-state index contributed by atoms with van der Waals surface area (Å²) >= 11 is 0. The average Bonchev–Trinajstić information content (AvgIpc) is 2.52. The van der Waals surface area contributed by atoms with Gasteiger partial charge in [-0.2, -0.15) is 0 Å². The fraction of sp³-hybridized carbons (Fsp3) is 0.632. The predicted molar refractivity (Wildman–Crippen MR) is 93.3 cm³/mol. The Hall–Kier alpha value is -1.46. The summed E-state index contributed by atoms with van der Waals surface area (Å²) in [6.07, 6.45) is 0.912. The Morgan fingerprint density at radius 1 is 1.38 bits per heavy atom. The standard InChI is InChI=1S/C19H29FN2O2/c1-14(2)12-21-7-8-22(13-18(21)6-9-23)19(24)11-16-10-17(20)5-4-15(16)3/h4-5,10,14,18,23H,6-9,11-13H2,1-3H3. The molecule has 134 valence electrons. The number of amides is 1. The van der Waals surface area contributed by atoms with Crippen molar-refractivity contribution in [3.8, 4) is 0 Å². The lowest BCUT2D eigenvalue weighted by Gasteiger charge is -2.42. The molecule has 1 aliphatic heterocycles. The Labute approximate surface area is 144 Å². The van der Waals surface area contributed by atoms with E-state index in [2.05, 4.69) is 18.7 Å². The van der Waals surface area contributed by atoms with Crippen LogP contribution in [0.25, 0.3) is 0 Å². The van der Waals surface area contributed by atoms with E-state index in [1.165, 1.54) is 12.1 Å². The van der Waals surface area contributed by atoms with Gasteiger partial charge < -0.3 is 10.0 Å². The molecule has 1 heterocycles. The van der Waals surface area contributed by atoms with Gasteiger partial charge in [-0.25, -0.2) is 4.39 Å². The molecule has 1 aromatic carbocycles.